The van der Waals surface area contributed by atoms with Crippen LogP contribution in [0.3, 0.4) is 0 Å². The first kappa shape index (κ1) is 15.0. The van der Waals surface area contributed by atoms with Gasteiger partial charge in [-0.25, -0.2) is 0 Å². The highest BCUT2D eigenvalue weighted by Crippen LogP contribution is 2.31. The largest absolute Gasteiger partial charge is 0.339 e. The highest BCUT2D eigenvalue weighted by molar-refractivity contribution is 9.11. The number of carbonyl (C=O) groups is 2. The maximum Gasteiger partial charge on any atom is 0.255 e. The van der Waals surface area contributed by atoms with E-state index in [0.29, 0.717) is 31.7 Å². The average molecular weight is 416 g/mol. The maximum absolute atomic E-state index is 12.5. The van der Waals surface area contributed by atoms with Crippen LogP contribution in [-0.4, -0.2) is 47.8 Å². The lowest BCUT2D eigenvalue weighted by Crippen LogP contribution is -2.51. The van der Waals surface area contributed by atoms with Crippen LogP contribution in [-0.2, 0) is 4.79 Å². The summed E-state index contributed by atoms with van der Waals surface area (Å²) < 4.78 is 1.73. The summed E-state index contributed by atoms with van der Waals surface area (Å²) in [5.74, 6) is 0.549. The number of benzene rings is 1. The van der Waals surface area contributed by atoms with Crippen molar-refractivity contribution in [1.82, 2.24) is 9.80 Å². The van der Waals surface area contributed by atoms with Crippen LogP contribution in [0.15, 0.2) is 27.1 Å². The van der Waals surface area contributed by atoms with Gasteiger partial charge >= 0.3 is 0 Å². The van der Waals surface area contributed by atoms with Crippen LogP contribution in [0.2, 0.25) is 0 Å². The molecule has 1 aromatic rings. The second kappa shape index (κ2) is 6.08. The molecule has 0 unspecified atom stereocenters. The lowest BCUT2D eigenvalue weighted by molar-refractivity contribution is -0.134. The van der Waals surface area contributed by atoms with Gasteiger partial charge in [0, 0.05) is 41.0 Å². The molecule has 2 fully saturated rings. The molecule has 1 heterocycles. The first-order chi connectivity index (χ1) is 10.1. The summed E-state index contributed by atoms with van der Waals surface area (Å²) in [5, 5.41) is 0. The van der Waals surface area contributed by atoms with Crippen LogP contribution in [0.4, 0.5) is 0 Å². The highest BCUT2D eigenvalue weighted by Gasteiger charge is 2.35. The number of rotatable bonds is 2. The SMILES string of the molecule is O=C(c1ccc(Br)cc1Br)N1CCN(C(=O)C2CC2)CC1. The van der Waals surface area contributed by atoms with Crippen molar-refractivity contribution in [3.05, 3.63) is 32.7 Å². The molecule has 0 aromatic heterocycles. The third-order valence-electron chi connectivity index (χ3n) is 3.97. The first-order valence-electron chi connectivity index (χ1n) is 7.09. The molecule has 4 nitrogen and oxygen atoms in total. The monoisotopic (exact) mass is 414 g/mol. The van der Waals surface area contributed by atoms with E-state index >= 15 is 0 Å². The average Bonchev–Trinajstić information content (AvgIpc) is 3.31. The minimum Gasteiger partial charge on any atom is -0.339 e. The van der Waals surface area contributed by atoms with Gasteiger partial charge in [-0.1, -0.05) is 15.9 Å². The lowest BCUT2D eigenvalue weighted by atomic mass is 10.1. The molecule has 0 N–H and O–H groups in total. The van der Waals surface area contributed by atoms with E-state index in [1.165, 1.54) is 0 Å². The predicted octanol–water partition coefficient (Wildman–Crippen LogP) is 2.91. The normalized spacial score (nSPS) is 18.8. The van der Waals surface area contributed by atoms with Gasteiger partial charge in [0.1, 0.15) is 0 Å². The number of amides is 2. The van der Waals surface area contributed by atoms with E-state index in [1.807, 2.05) is 28.0 Å². The second-order valence-electron chi connectivity index (χ2n) is 5.52. The first-order valence-corrected chi connectivity index (χ1v) is 8.68. The smallest absolute Gasteiger partial charge is 0.255 e. The summed E-state index contributed by atoms with van der Waals surface area (Å²) in [5.41, 5.74) is 0.667. The van der Waals surface area contributed by atoms with Gasteiger partial charge in [-0.05, 0) is 47.0 Å². The van der Waals surface area contributed by atoms with Crippen molar-refractivity contribution in [2.45, 2.75) is 12.8 Å². The summed E-state index contributed by atoms with van der Waals surface area (Å²) in [4.78, 5) is 28.3. The molecular formula is C15H16Br2N2O2. The summed E-state index contributed by atoms with van der Waals surface area (Å²) in [6, 6.07) is 5.56. The van der Waals surface area contributed by atoms with Crippen molar-refractivity contribution < 1.29 is 9.59 Å². The number of hydrogen-bond donors (Lipinski definition) is 0. The van der Waals surface area contributed by atoms with E-state index in [-0.39, 0.29) is 17.7 Å². The van der Waals surface area contributed by atoms with Crippen molar-refractivity contribution in [1.29, 1.82) is 0 Å². The molecule has 1 saturated heterocycles. The van der Waals surface area contributed by atoms with Crippen molar-refractivity contribution >= 4 is 43.7 Å². The highest BCUT2D eigenvalue weighted by atomic mass is 79.9. The van der Waals surface area contributed by atoms with E-state index < -0.39 is 0 Å². The molecule has 0 spiro atoms. The second-order valence-corrected chi connectivity index (χ2v) is 7.29. The Morgan fingerprint density at radius 3 is 2.19 bits per heavy atom. The quantitative estimate of drug-likeness (QED) is 0.745. The van der Waals surface area contributed by atoms with E-state index in [2.05, 4.69) is 31.9 Å². The Kier molecular flexibility index (Phi) is 4.36. The van der Waals surface area contributed by atoms with Gasteiger partial charge in [-0.3, -0.25) is 9.59 Å². The fourth-order valence-corrected chi connectivity index (χ4v) is 3.77. The van der Waals surface area contributed by atoms with E-state index in [4.69, 9.17) is 0 Å². The molecular weight excluding hydrogens is 400 g/mol. The fourth-order valence-electron chi connectivity index (χ4n) is 2.55. The van der Waals surface area contributed by atoms with Crippen LogP contribution in [0.1, 0.15) is 23.2 Å². The van der Waals surface area contributed by atoms with Crippen molar-refractivity contribution in [3.8, 4) is 0 Å². The molecule has 0 bridgehead atoms. The van der Waals surface area contributed by atoms with Gasteiger partial charge in [0.25, 0.3) is 5.91 Å². The number of piperazine rings is 1. The zero-order valence-electron chi connectivity index (χ0n) is 11.5. The minimum absolute atomic E-state index is 0.0212. The van der Waals surface area contributed by atoms with Crippen LogP contribution in [0.5, 0.6) is 0 Å². The van der Waals surface area contributed by atoms with Crippen molar-refractivity contribution in [3.63, 3.8) is 0 Å². The molecule has 0 atom stereocenters. The van der Waals surface area contributed by atoms with Crippen molar-refractivity contribution in [2.24, 2.45) is 5.92 Å². The number of hydrogen-bond acceptors (Lipinski definition) is 2. The number of nitrogens with zero attached hydrogens (tertiary/aromatic N) is 2. The van der Waals surface area contributed by atoms with Gasteiger partial charge in [-0.2, -0.15) is 0 Å². The fraction of sp³-hybridized carbons (Fsp3) is 0.467. The van der Waals surface area contributed by atoms with Crippen LogP contribution < -0.4 is 0 Å². The Bertz CT molecular complexity index is 579. The lowest BCUT2D eigenvalue weighted by Gasteiger charge is -2.35. The Labute approximate surface area is 140 Å². The Morgan fingerprint density at radius 2 is 1.62 bits per heavy atom. The van der Waals surface area contributed by atoms with Crippen molar-refractivity contribution in [2.75, 3.05) is 26.2 Å². The van der Waals surface area contributed by atoms with Gasteiger partial charge in [-0.15, -0.1) is 0 Å². The molecule has 1 aromatic carbocycles. The minimum atomic E-state index is 0.0212. The standard InChI is InChI=1S/C15H16Br2N2O2/c16-11-3-4-12(13(17)9-11)15(21)19-7-5-18(6-8-19)14(20)10-1-2-10/h3-4,9-10H,1-2,5-8H2. The number of halogens is 2. The molecule has 1 aliphatic heterocycles. The Hall–Kier alpha value is -0.880. The predicted molar refractivity (Wildman–Crippen MR) is 87.0 cm³/mol. The number of carbonyl (C=O) groups excluding carboxylic acids is 2. The zero-order valence-corrected chi connectivity index (χ0v) is 14.7. The molecule has 2 amide bonds. The molecule has 3 rings (SSSR count). The van der Waals surface area contributed by atoms with Crippen LogP contribution in [0.25, 0.3) is 0 Å². The van der Waals surface area contributed by atoms with Crippen LogP contribution in [0, 0.1) is 5.92 Å². The van der Waals surface area contributed by atoms with E-state index in [9.17, 15) is 9.59 Å². The summed E-state index contributed by atoms with van der Waals surface area (Å²) in [6.07, 6.45) is 2.06. The van der Waals surface area contributed by atoms with Gasteiger partial charge in [0.05, 0.1) is 5.56 Å². The molecule has 0 radical (unpaired) electrons. The maximum atomic E-state index is 12.5. The van der Waals surface area contributed by atoms with Crippen LogP contribution >= 0.6 is 31.9 Å². The molecule has 6 heteroatoms. The molecule has 112 valence electrons. The molecule has 1 aliphatic carbocycles. The molecule has 2 aliphatic rings. The third kappa shape index (κ3) is 3.31. The Morgan fingerprint density at radius 1 is 1.00 bits per heavy atom. The summed E-state index contributed by atoms with van der Waals surface area (Å²) in [7, 11) is 0. The van der Waals surface area contributed by atoms with Gasteiger partial charge in [0.15, 0.2) is 0 Å². The topological polar surface area (TPSA) is 40.6 Å². The third-order valence-corrected chi connectivity index (χ3v) is 5.12. The summed E-state index contributed by atoms with van der Waals surface area (Å²) in [6.45, 7) is 2.52. The molecule has 1 saturated carbocycles. The summed E-state index contributed by atoms with van der Waals surface area (Å²) >= 11 is 6.82. The van der Waals surface area contributed by atoms with E-state index in [0.717, 1.165) is 21.8 Å². The zero-order chi connectivity index (χ0) is 15.0. The van der Waals surface area contributed by atoms with E-state index in [1.54, 1.807) is 0 Å². The van der Waals surface area contributed by atoms with Gasteiger partial charge in [0.2, 0.25) is 5.91 Å². The molecule has 21 heavy (non-hydrogen) atoms. The Balaban J connectivity index is 1.63. The van der Waals surface area contributed by atoms with Gasteiger partial charge < -0.3 is 9.80 Å².